The molecule has 1 amide bonds. The summed E-state index contributed by atoms with van der Waals surface area (Å²) < 4.78 is 7.21. The average Bonchev–Trinajstić information content (AvgIpc) is 3.93. The number of hydrogen-bond donors (Lipinski definition) is 2. The molecular weight excluding hydrogens is 540 g/mol. The average molecular weight is 575 g/mol. The fourth-order valence-electron chi connectivity index (χ4n) is 5.91. The number of pyridine rings is 2. The monoisotopic (exact) mass is 574 g/mol. The summed E-state index contributed by atoms with van der Waals surface area (Å²) in [4.78, 5) is 36.4. The quantitative estimate of drug-likeness (QED) is 0.242. The lowest BCUT2D eigenvalue weighted by Gasteiger charge is -2.39. The largest absolute Gasteiger partial charge is 0.448 e. The fourth-order valence-corrected chi connectivity index (χ4v) is 5.91. The van der Waals surface area contributed by atoms with E-state index in [1.165, 1.54) is 12.8 Å². The van der Waals surface area contributed by atoms with Gasteiger partial charge in [0.2, 0.25) is 0 Å². The molecule has 3 heterocycles. The first kappa shape index (κ1) is 27.3. The second kappa shape index (κ2) is 10.6. The molecule has 3 aliphatic rings. The number of anilines is 1. The summed E-state index contributed by atoms with van der Waals surface area (Å²) in [6, 6.07) is 13.4. The van der Waals surface area contributed by atoms with Crippen LogP contribution in [0, 0.1) is 18.3 Å². The molecule has 1 aromatic carbocycles. The van der Waals surface area contributed by atoms with Gasteiger partial charge in [-0.15, -0.1) is 0 Å². The van der Waals surface area contributed by atoms with Gasteiger partial charge in [0.1, 0.15) is 22.8 Å². The maximum Gasteiger partial charge on any atom is 0.263 e. The van der Waals surface area contributed by atoms with Crippen LogP contribution in [0.25, 0.3) is 22.4 Å². The van der Waals surface area contributed by atoms with Crippen molar-refractivity contribution in [1.29, 1.82) is 5.26 Å². The molecular formula is C34H34N6O3. The Kier molecular flexibility index (Phi) is 6.74. The minimum atomic E-state index is -0.463. The fraction of sp³-hybridized carbons (Fsp3) is 0.382. The Morgan fingerprint density at radius 3 is 2.60 bits per heavy atom. The lowest BCUT2D eigenvalue weighted by molar-refractivity contribution is 0.102. The Morgan fingerprint density at radius 2 is 1.95 bits per heavy atom. The van der Waals surface area contributed by atoms with Gasteiger partial charge < -0.3 is 19.6 Å². The molecule has 218 valence electrons. The van der Waals surface area contributed by atoms with Gasteiger partial charge in [-0.2, -0.15) is 5.26 Å². The van der Waals surface area contributed by atoms with Crippen LogP contribution in [0.2, 0.25) is 0 Å². The van der Waals surface area contributed by atoms with Crippen LogP contribution in [0.3, 0.4) is 0 Å². The highest BCUT2D eigenvalue weighted by atomic mass is 16.3. The van der Waals surface area contributed by atoms with Crippen LogP contribution in [-0.4, -0.2) is 26.0 Å². The van der Waals surface area contributed by atoms with E-state index in [1.807, 2.05) is 31.3 Å². The number of nitrogens with zero attached hydrogens (tertiary/aromatic N) is 4. The summed E-state index contributed by atoms with van der Waals surface area (Å²) in [6.45, 7) is 4.66. The molecule has 0 spiro atoms. The van der Waals surface area contributed by atoms with E-state index in [-0.39, 0.29) is 22.7 Å². The maximum atomic E-state index is 13.7. The molecule has 0 bridgehead atoms. The van der Waals surface area contributed by atoms with Gasteiger partial charge in [-0.1, -0.05) is 6.07 Å². The molecule has 3 saturated carbocycles. The number of rotatable bonds is 9. The van der Waals surface area contributed by atoms with Crippen LogP contribution < -0.4 is 16.2 Å². The number of aryl methyl sites for hydroxylation is 1. The normalized spacial score (nSPS) is 17.2. The summed E-state index contributed by atoms with van der Waals surface area (Å²) in [6.07, 6.45) is 10.7. The molecule has 9 nitrogen and oxygen atoms in total. The van der Waals surface area contributed by atoms with Crippen molar-refractivity contribution in [2.24, 2.45) is 0 Å². The Labute approximate surface area is 250 Å². The topological polar surface area (TPSA) is 126 Å². The minimum Gasteiger partial charge on any atom is -0.448 e. The Balaban J connectivity index is 1.24. The third kappa shape index (κ3) is 5.51. The molecule has 9 heteroatoms. The summed E-state index contributed by atoms with van der Waals surface area (Å²) in [5.74, 6) is 0.893. The molecule has 7 rings (SSSR count). The van der Waals surface area contributed by atoms with Gasteiger partial charge in [0.25, 0.3) is 11.5 Å². The lowest BCUT2D eigenvalue weighted by Crippen LogP contribution is -2.47. The summed E-state index contributed by atoms with van der Waals surface area (Å²) >= 11 is 0. The number of carbonyl (C=O) groups excluding carboxylic acids is 1. The third-order valence-corrected chi connectivity index (χ3v) is 9.00. The molecule has 0 aliphatic heterocycles. The third-order valence-electron chi connectivity index (χ3n) is 9.00. The van der Waals surface area contributed by atoms with Crippen LogP contribution >= 0.6 is 0 Å². The molecule has 0 unspecified atom stereocenters. The van der Waals surface area contributed by atoms with Gasteiger partial charge in [0, 0.05) is 41.5 Å². The SMILES string of the molecule is Cc1ocnc1-c1cc(C#N)ccc1-c1cc(NC(=O)c2cc(CNC3(C)CCC3)cn(C3CC3)c2=O)nc(C2CC2)c1. The van der Waals surface area contributed by atoms with Gasteiger partial charge in [-0.05, 0) is 106 Å². The van der Waals surface area contributed by atoms with E-state index in [9.17, 15) is 14.9 Å². The number of hydrogen-bond acceptors (Lipinski definition) is 7. The van der Waals surface area contributed by atoms with Crippen LogP contribution in [0.1, 0.15) is 96.8 Å². The highest BCUT2D eigenvalue weighted by Crippen LogP contribution is 2.42. The number of nitrogens with one attached hydrogen (secondary N) is 2. The number of aromatic nitrogens is 3. The van der Waals surface area contributed by atoms with Crippen molar-refractivity contribution in [3.63, 3.8) is 0 Å². The highest BCUT2D eigenvalue weighted by molar-refractivity contribution is 6.04. The van der Waals surface area contributed by atoms with Gasteiger partial charge >= 0.3 is 0 Å². The molecule has 0 radical (unpaired) electrons. The van der Waals surface area contributed by atoms with Crippen LogP contribution in [0.15, 0.2) is 58.2 Å². The summed E-state index contributed by atoms with van der Waals surface area (Å²) in [5, 5.41) is 16.2. The van der Waals surface area contributed by atoms with E-state index in [4.69, 9.17) is 9.40 Å². The lowest BCUT2D eigenvalue weighted by atomic mass is 9.78. The predicted molar refractivity (Wildman–Crippen MR) is 163 cm³/mol. The van der Waals surface area contributed by atoms with Crippen LogP contribution in [0.5, 0.6) is 0 Å². The molecule has 3 aliphatic carbocycles. The zero-order valence-electron chi connectivity index (χ0n) is 24.4. The molecule has 3 fully saturated rings. The first-order valence-corrected chi connectivity index (χ1v) is 15.1. The van der Waals surface area contributed by atoms with E-state index < -0.39 is 5.91 Å². The zero-order chi connectivity index (χ0) is 29.7. The zero-order valence-corrected chi connectivity index (χ0v) is 24.4. The first-order valence-electron chi connectivity index (χ1n) is 15.1. The van der Waals surface area contributed by atoms with Gasteiger partial charge in [0.05, 0.1) is 11.6 Å². The van der Waals surface area contributed by atoms with Crippen LogP contribution in [0.4, 0.5) is 5.82 Å². The molecule has 3 aromatic heterocycles. The van der Waals surface area contributed by atoms with Gasteiger partial charge in [-0.3, -0.25) is 9.59 Å². The van der Waals surface area contributed by atoms with Crippen molar-refractivity contribution >= 4 is 11.7 Å². The van der Waals surface area contributed by atoms with Crippen LogP contribution in [-0.2, 0) is 6.54 Å². The van der Waals surface area contributed by atoms with E-state index in [2.05, 4.69) is 28.6 Å². The van der Waals surface area contributed by atoms with Gasteiger partial charge in [-0.25, -0.2) is 9.97 Å². The van der Waals surface area contributed by atoms with Gasteiger partial charge in [0.15, 0.2) is 6.39 Å². The predicted octanol–water partition coefficient (Wildman–Crippen LogP) is 6.24. The van der Waals surface area contributed by atoms with Crippen molar-refractivity contribution < 1.29 is 9.21 Å². The smallest absolute Gasteiger partial charge is 0.263 e. The number of benzene rings is 1. The molecule has 2 N–H and O–H groups in total. The minimum absolute atomic E-state index is 0.112. The Morgan fingerprint density at radius 1 is 1.14 bits per heavy atom. The maximum absolute atomic E-state index is 13.7. The van der Waals surface area contributed by atoms with Crippen molar-refractivity contribution in [2.45, 2.75) is 82.8 Å². The second-order valence-electron chi connectivity index (χ2n) is 12.5. The van der Waals surface area contributed by atoms with Crippen molar-refractivity contribution in [3.8, 4) is 28.5 Å². The molecule has 43 heavy (non-hydrogen) atoms. The van der Waals surface area contributed by atoms with Crippen molar-refractivity contribution in [2.75, 3.05) is 5.32 Å². The molecule has 0 saturated heterocycles. The number of amides is 1. The summed E-state index contributed by atoms with van der Waals surface area (Å²) in [5.41, 5.74) is 5.42. The Hall–Kier alpha value is -4.55. The van der Waals surface area contributed by atoms with E-state index in [1.54, 1.807) is 22.8 Å². The van der Waals surface area contributed by atoms with E-state index >= 15 is 0 Å². The van der Waals surface area contributed by atoms with Crippen molar-refractivity contribution in [1.82, 2.24) is 19.9 Å². The highest BCUT2D eigenvalue weighted by Gasteiger charge is 2.32. The Bertz CT molecular complexity index is 1840. The van der Waals surface area contributed by atoms with E-state index in [0.717, 1.165) is 66.5 Å². The second-order valence-corrected chi connectivity index (χ2v) is 12.5. The van der Waals surface area contributed by atoms with E-state index in [0.29, 0.717) is 35.3 Å². The molecule has 4 aromatic rings. The standard InChI is InChI=1S/C34H34N6O3/c1-20-31(36-19-43-20)27-12-21(16-35)4-9-26(27)24-14-29(23-5-6-23)38-30(15-24)39-32(41)28-13-22(17-37-34(2)10-3-11-34)18-40(33(28)42)25-7-8-25/h4,9,12-15,18-19,23,25,37H,3,5-8,10-11,17H2,1-2H3,(H,38,39,41). The number of nitriles is 1. The molecule has 0 atom stereocenters. The first-order chi connectivity index (χ1) is 20.8. The number of carbonyl (C=O) groups is 1. The summed E-state index contributed by atoms with van der Waals surface area (Å²) in [7, 11) is 0. The van der Waals surface area contributed by atoms with Crippen molar-refractivity contribution in [3.05, 3.63) is 87.5 Å². The number of oxazole rings is 1.